The fourth-order valence-corrected chi connectivity index (χ4v) is 7.64. The summed E-state index contributed by atoms with van der Waals surface area (Å²) in [6, 6.07) is 8.53. The van der Waals surface area contributed by atoms with Crippen LogP contribution in [0.2, 0.25) is 5.02 Å². The van der Waals surface area contributed by atoms with E-state index in [0.717, 1.165) is 62.3 Å². The summed E-state index contributed by atoms with van der Waals surface area (Å²) in [4.78, 5) is 5.13. The van der Waals surface area contributed by atoms with E-state index >= 15 is 0 Å². The predicted octanol–water partition coefficient (Wildman–Crippen LogP) is 4.95. The topological polar surface area (TPSA) is 18.5 Å². The van der Waals surface area contributed by atoms with Crippen molar-refractivity contribution in [2.24, 2.45) is 5.92 Å². The maximum atomic E-state index is 6.15. The molecule has 0 aliphatic carbocycles. The minimum atomic E-state index is -0.392. The van der Waals surface area contributed by atoms with Gasteiger partial charge >= 0.3 is 0 Å². The first-order chi connectivity index (χ1) is 14.8. The van der Waals surface area contributed by atoms with Crippen LogP contribution >= 0.6 is 48.4 Å². The molecule has 0 aromatic heterocycles. The molecule has 0 amide bonds. The molecule has 1 aromatic carbocycles. The molecule has 1 aliphatic heterocycles. The third kappa shape index (κ3) is 11.9. The Bertz CT molecular complexity index is 617. The maximum Gasteiger partial charge on any atom is 0.123 e. The van der Waals surface area contributed by atoms with E-state index in [4.69, 9.17) is 26.7 Å². The first-order valence-electron chi connectivity index (χ1n) is 10.9. The largest absolute Gasteiger partial charge is 0.315 e. The molecule has 1 fully saturated rings. The summed E-state index contributed by atoms with van der Waals surface area (Å²) in [6.07, 6.45) is 1.21. The molecule has 1 aliphatic rings. The number of benzene rings is 1. The number of nitrogens with one attached hydrogen (secondary N) is 1. The van der Waals surface area contributed by atoms with E-state index in [1.54, 1.807) is 0 Å². The Hall–Kier alpha value is 1.08. The quantitative estimate of drug-likeness (QED) is 0.215. The van der Waals surface area contributed by atoms with E-state index in [9.17, 15) is 0 Å². The van der Waals surface area contributed by atoms with Crippen molar-refractivity contribution in [2.45, 2.75) is 12.3 Å². The minimum absolute atomic E-state index is 0.353. The van der Waals surface area contributed by atoms with E-state index in [-0.39, 0.29) is 7.00 Å². The second-order valence-corrected chi connectivity index (χ2v) is 17.2. The van der Waals surface area contributed by atoms with Crippen molar-refractivity contribution in [3.63, 3.8) is 0 Å². The molecular formula is C21H36B2ClN3P2S2. The van der Waals surface area contributed by atoms with Crippen LogP contribution in [0.3, 0.4) is 0 Å². The molecule has 10 heteroatoms. The van der Waals surface area contributed by atoms with E-state index in [1.807, 2.05) is 34.9 Å². The zero-order chi connectivity index (χ0) is 22.6. The Labute approximate surface area is 208 Å². The Balaban J connectivity index is 1.94. The normalized spacial score (nSPS) is 22.0. The van der Waals surface area contributed by atoms with Gasteiger partial charge in [0.25, 0.3) is 0 Å². The van der Waals surface area contributed by atoms with Crippen LogP contribution in [0.5, 0.6) is 0 Å². The zero-order valence-electron chi connectivity index (χ0n) is 19.2. The fourth-order valence-electron chi connectivity index (χ4n) is 4.11. The number of piperidine rings is 1. The van der Waals surface area contributed by atoms with E-state index < -0.39 is 7.00 Å². The monoisotopic (exact) mass is 513 g/mol. The van der Waals surface area contributed by atoms with Gasteiger partial charge in [0, 0.05) is 55.8 Å². The summed E-state index contributed by atoms with van der Waals surface area (Å²) in [5, 5.41) is 4.42. The Kier molecular flexibility index (Phi) is 14.5. The maximum absolute atomic E-state index is 6.15. The number of nitrogens with zero attached hydrogens (tertiary/aromatic N) is 2. The van der Waals surface area contributed by atoms with E-state index in [2.05, 4.69) is 47.6 Å². The molecule has 0 saturated carbocycles. The molecule has 2 rings (SSSR count). The van der Waals surface area contributed by atoms with Crippen molar-refractivity contribution in [1.82, 2.24) is 15.1 Å². The van der Waals surface area contributed by atoms with Crippen LogP contribution in [0.25, 0.3) is 0 Å². The zero-order valence-corrected chi connectivity index (χ0v) is 23.4. The lowest BCUT2D eigenvalue weighted by atomic mass is 9.80. The molecule has 4 unspecified atom stereocenters. The van der Waals surface area contributed by atoms with Gasteiger partial charge in [0.05, 0.1) is 0 Å². The van der Waals surface area contributed by atoms with Crippen LogP contribution in [0.4, 0.5) is 0 Å². The second kappa shape index (κ2) is 15.9. The minimum Gasteiger partial charge on any atom is -0.315 e. The summed E-state index contributed by atoms with van der Waals surface area (Å²) in [6.45, 7) is 11.9. The van der Waals surface area contributed by atoms with Crippen molar-refractivity contribution in [3.8, 4) is 0 Å². The van der Waals surface area contributed by atoms with Crippen molar-refractivity contribution in [2.75, 3.05) is 77.7 Å². The Morgan fingerprint density at radius 1 is 1.10 bits per heavy atom. The van der Waals surface area contributed by atoms with Crippen LogP contribution in [0.15, 0.2) is 24.3 Å². The smallest absolute Gasteiger partial charge is 0.123 e. The molecule has 1 N–H and O–H groups in total. The predicted molar refractivity (Wildman–Crippen MR) is 151 cm³/mol. The summed E-state index contributed by atoms with van der Waals surface area (Å²) in [5.74, 6) is 3.42. The molecule has 1 aromatic rings. The molecule has 0 bridgehead atoms. The lowest BCUT2D eigenvalue weighted by Gasteiger charge is -2.40. The van der Waals surface area contributed by atoms with Gasteiger partial charge in [0.2, 0.25) is 0 Å². The number of hydrogen-bond acceptors (Lipinski definition) is 5. The van der Waals surface area contributed by atoms with Gasteiger partial charge in [0.1, 0.15) is 15.1 Å². The summed E-state index contributed by atoms with van der Waals surface area (Å²) in [5.41, 5.74) is 1.43. The second-order valence-electron chi connectivity index (χ2n) is 8.28. The van der Waals surface area contributed by atoms with Crippen LogP contribution in [-0.4, -0.2) is 103 Å². The van der Waals surface area contributed by atoms with E-state index in [0.29, 0.717) is 11.8 Å². The molecular weight excluding hydrogens is 477 g/mol. The van der Waals surface area contributed by atoms with Gasteiger partial charge in [-0.15, -0.1) is 36.8 Å². The average Bonchev–Trinajstić information content (AvgIpc) is 2.71. The summed E-state index contributed by atoms with van der Waals surface area (Å²) < 4.78 is 0. The lowest BCUT2D eigenvalue weighted by Crippen LogP contribution is -2.45. The number of hydrogen-bond donors (Lipinski definition) is 1. The van der Waals surface area contributed by atoms with Crippen LogP contribution < -0.4 is 5.32 Å². The number of likely N-dealkylation sites (tertiary alicyclic amines) is 1. The SMILES string of the molecule is [B]P(C)SCCNCCN(CCSP([B])C)CC1CN(C)CCC1c1ccc(Cl)cc1. The highest BCUT2D eigenvalue weighted by molar-refractivity contribution is 8.62. The van der Waals surface area contributed by atoms with Crippen LogP contribution in [-0.2, 0) is 0 Å². The van der Waals surface area contributed by atoms with Crippen LogP contribution in [0.1, 0.15) is 17.9 Å². The van der Waals surface area contributed by atoms with Gasteiger partial charge in [-0.2, -0.15) is 0 Å². The standard InChI is InChI=1S/C21H36B2ClN3P2S2/c1-26-11-8-21(18-4-6-20(24)7-5-18)19(16-26)17-27(13-15-31-29(3)23)12-9-25-10-14-30-28(2)22/h4-7,19,21,25H,8-17H2,1-3H3. The average molecular weight is 514 g/mol. The van der Waals surface area contributed by atoms with Crippen LogP contribution in [0, 0.1) is 5.92 Å². The Morgan fingerprint density at radius 3 is 2.45 bits per heavy atom. The van der Waals surface area contributed by atoms with Crippen molar-refractivity contribution >= 4 is 63.5 Å². The molecule has 0 spiro atoms. The van der Waals surface area contributed by atoms with Gasteiger partial charge < -0.3 is 15.1 Å². The van der Waals surface area contributed by atoms with Crippen molar-refractivity contribution < 1.29 is 0 Å². The highest BCUT2D eigenvalue weighted by atomic mass is 35.5. The lowest BCUT2D eigenvalue weighted by molar-refractivity contribution is 0.136. The first-order valence-corrected chi connectivity index (χ1v) is 18.2. The van der Waals surface area contributed by atoms with Crippen molar-refractivity contribution in [1.29, 1.82) is 0 Å². The summed E-state index contributed by atoms with van der Waals surface area (Å²) in [7, 11) is 13.4. The summed E-state index contributed by atoms with van der Waals surface area (Å²) >= 11 is 9.93. The molecule has 1 heterocycles. The number of rotatable bonds is 14. The molecule has 4 atom stereocenters. The van der Waals surface area contributed by atoms with Gasteiger partial charge in [-0.05, 0) is 62.9 Å². The third-order valence-corrected chi connectivity index (χ3v) is 11.0. The molecule has 1 saturated heterocycles. The third-order valence-electron chi connectivity index (χ3n) is 5.61. The van der Waals surface area contributed by atoms with Gasteiger partial charge in [-0.25, -0.2) is 0 Å². The molecule has 3 nitrogen and oxygen atoms in total. The Morgan fingerprint density at radius 2 is 1.77 bits per heavy atom. The molecule has 170 valence electrons. The van der Waals surface area contributed by atoms with E-state index in [1.165, 1.54) is 12.0 Å². The van der Waals surface area contributed by atoms with Gasteiger partial charge in [-0.1, -0.05) is 23.7 Å². The first kappa shape index (κ1) is 28.3. The fraction of sp³-hybridized carbons (Fsp3) is 0.714. The van der Waals surface area contributed by atoms with Crippen molar-refractivity contribution in [3.05, 3.63) is 34.9 Å². The molecule has 4 radical (unpaired) electrons. The number of halogens is 1. The molecule has 31 heavy (non-hydrogen) atoms. The highest BCUT2D eigenvalue weighted by Gasteiger charge is 2.30. The van der Waals surface area contributed by atoms with Gasteiger partial charge in [0.15, 0.2) is 0 Å². The van der Waals surface area contributed by atoms with Gasteiger partial charge in [-0.3, -0.25) is 0 Å². The highest BCUT2D eigenvalue weighted by Crippen LogP contribution is 2.41.